The minimum Gasteiger partial charge on any atom is -0.300 e. The van der Waals surface area contributed by atoms with E-state index in [1.165, 1.54) is 32.4 Å². The van der Waals surface area contributed by atoms with E-state index in [-0.39, 0.29) is 0 Å². The molecule has 2 nitrogen and oxygen atoms in total. The van der Waals surface area contributed by atoms with E-state index < -0.39 is 0 Å². The van der Waals surface area contributed by atoms with Gasteiger partial charge < -0.3 is 0 Å². The van der Waals surface area contributed by atoms with Gasteiger partial charge in [-0.25, -0.2) is 0 Å². The van der Waals surface area contributed by atoms with Crippen molar-refractivity contribution in [3.05, 3.63) is 0 Å². The summed E-state index contributed by atoms with van der Waals surface area (Å²) in [5, 5.41) is 8.59. The molecule has 0 aliphatic carbocycles. The summed E-state index contributed by atoms with van der Waals surface area (Å²) in [6.45, 7) is 6.83. The summed E-state index contributed by atoms with van der Waals surface area (Å²) in [7, 11) is 0. The molecule has 0 aromatic heterocycles. The summed E-state index contributed by atoms with van der Waals surface area (Å²) in [5.74, 6) is 0.936. The molecule has 0 bridgehead atoms. The number of hydrogen-bond donors (Lipinski definition) is 0. The zero-order valence-corrected chi connectivity index (χ0v) is 8.79. The monoisotopic (exact) mass is 180 g/mol. The number of piperidine rings is 1. The Kier molecular flexibility index (Phi) is 4.24. The second-order valence-electron chi connectivity index (χ2n) is 4.10. The molecule has 13 heavy (non-hydrogen) atoms. The van der Waals surface area contributed by atoms with Crippen molar-refractivity contribution in [1.29, 1.82) is 5.26 Å². The van der Waals surface area contributed by atoms with Gasteiger partial charge in [0.1, 0.15) is 0 Å². The highest BCUT2D eigenvalue weighted by atomic mass is 15.2. The first-order valence-electron chi connectivity index (χ1n) is 5.39. The van der Waals surface area contributed by atoms with Crippen LogP contribution in [0.4, 0.5) is 0 Å². The maximum Gasteiger partial charge on any atom is 0.0638 e. The second kappa shape index (κ2) is 5.24. The van der Waals surface area contributed by atoms with Crippen LogP contribution in [0.5, 0.6) is 0 Å². The van der Waals surface area contributed by atoms with Gasteiger partial charge in [-0.1, -0.05) is 13.3 Å². The zero-order chi connectivity index (χ0) is 9.68. The number of rotatable bonds is 3. The molecule has 0 saturated carbocycles. The summed E-state index contributed by atoms with van der Waals surface area (Å²) >= 11 is 0. The third kappa shape index (κ3) is 3.00. The molecular formula is C11H20N2. The SMILES string of the molecule is CCC1CCN(C(C)CC#N)CC1. The fraction of sp³-hybridized carbons (Fsp3) is 0.909. The van der Waals surface area contributed by atoms with Gasteiger partial charge in [-0.2, -0.15) is 5.26 Å². The molecule has 1 saturated heterocycles. The maximum absolute atomic E-state index is 8.59. The van der Waals surface area contributed by atoms with Gasteiger partial charge >= 0.3 is 0 Å². The molecule has 0 amide bonds. The quantitative estimate of drug-likeness (QED) is 0.667. The van der Waals surface area contributed by atoms with Crippen LogP contribution in [-0.4, -0.2) is 24.0 Å². The van der Waals surface area contributed by atoms with Crippen molar-refractivity contribution in [3.8, 4) is 6.07 Å². The van der Waals surface area contributed by atoms with E-state index in [0.717, 1.165) is 5.92 Å². The van der Waals surface area contributed by atoms with Crippen molar-refractivity contribution < 1.29 is 0 Å². The van der Waals surface area contributed by atoms with Gasteiger partial charge in [0.05, 0.1) is 12.5 Å². The Morgan fingerprint density at radius 2 is 2.08 bits per heavy atom. The lowest BCUT2D eigenvalue weighted by molar-refractivity contribution is 0.141. The van der Waals surface area contributed by atoms with Gasteiger partial charge in [-0.15, -0.1) is 0 Å². The molecule has 74 valence electrons. The molecule has 1 rings (SSSR count). The minimum absolute atomic E-state index is 0.461. The van der Waals surface area contributed by atoms with Crippen molar-refractivity contribution in [2.45, 2.75) is 45.6 Å². The van der Waals surface area contributed by atoms with Crippen LogP contribution in [-0.2, 0) is 0 Å². The lowest BCUT2D eigenvalue weighted by atomic mass is 9.93. The van der Waals surface area contributed by atoms with Crippen LogP contribution < -0.4 is 0 Å². The van der Waals surface area contributed by atoms with E-state index in [4.69, 9.17) is 5.26 Å². The Bertz CT molecular complexity index is 175. The number of likely N-dealkylation sites (tertiary alicyclic amines) is 1. The first-order chi connectivity index (χ1) is 6.27. The molecule has 0 radical (unpaired) electrons. The van der Waals surface area contributed by atoms with E-state index in [9.17, 15) is 0 Å². The van der Waals surface area contributed by atoms with E-state index in [2.05, 4.69) is 24.8 Å². The van der Waals surface area contributed by atoms with E-state index in [0.29, 0.717) is 12.5 Å². The molecule has 1 aliphatic heterocycles. The highest BCUT2D eigenvalue weighted by Crippen LogP contribution is 2.21. The minimum atomic E-state index is 0.461. The van der Waals surface area contributed by atoms with Crippen molar-refractivity contribution in [3.63, 3.8) is 0 Å². The fourth-order valence-electron chi connectivity index (χ4n) is 2.06. The Morgan fingerprint density at radius 3 is 2.54 bits per heavy atom. The first-order valence-corrected chi connectivity index (χ1v) is 5.39. The summed E-state index contributed by atoms with van der Waals surface area (Å²) in [6, 6.07) is 2.71. The van der Waals surface area contributed by atoms with E-state index in [1.54, 1.807) is 0 Å². The average Bonchev–Trinajstić information content (AvgIpc) is 2.18. The molecule has 1 aliphatic rings. The van der Waals surface area contributed by atoms with Crippen molar-refractivity contribution in [2.75, 3.05) is 13.1 Å². The lowest BCUT2D eigenvalue weighted by Gasteiger charge is -2.34. The Morgan fingerprint density at radius 1 is 1.46 bits per heavy atom. The van der Waals surface area contributed by atoms with Gasteiger partial charge in [0, 0.05) is 6.04 Å². The maximum atomic E-state index is 8.59. The zero-order valence-electron chi connectivity index (χ0n) is 8.79. The molecule has 0 N–H and O–H groups in total. The summed E-state index contributed by atoms with van der Waals surface area (Å²) < 4.78 is 0. The van der Waals surface area contributed by atoms with Crippen LogP contribution in [0.3, 0.4) is 0 Å². The topological polar surface area (TPSA) is 27.0 Å². The number of nitriles is 1. The van der Waals surface area contributed by atoms with Crippen LogP contribution >= 0.6 is 0 Å². The predicted octanol–water partition coefficient (Wildman–Crippen LogP) is 2.41. The van der Waals surface area contributed by atoms with Crippen molar-refractivity contribution >= 4 is 0 Å². The lowest BCUT2D eigenvalue weighted by Crippen LogP contribution is -2.39. The molecule has 2 heteroatoms. The molecule has 0 aromatic rings. The van der Waals surface area contributed by atoms with Gasteiger partial charge in [-0.05, 0) is 38.8 Å². The molecule has 1 heterocycles. The third-order valence-corrected chi connectivity index (χ3v) is 3.24. The van der Waals surface area contributed by atoms with E-state index in [1.807, 2.05) is 0 Å². The fourth-order valence-corrected chi connectivity index (χ4v) is 2.06. The van der Waals surface area contributed by atoms with E-state index >= 15 is 0 Å². The molecule has 0 aromatic carbocycles. The summed E-state index contributed by atoms with van der Waals surface area (Å²) in [6.07, 6.45) is 4.65. The average molecular weight is 180 g/mol. The van der Waals surface area contributed by atoms with Crippen LogP contribution in [0.25, 0.3) is 0 Å². The molecule has 1 atom stereocenters. The first kappa shape index (κ1) is 10.5. The number of hydrogen-bond acceptors (Lipinski definition) is 2. The van der Waals surface area contributed by atoms with Gasteiger partial charge in [0.25, 0.3) is 0 Å². The molecule has 0 spiro atoms. The van der Waals surface area contributed by atoms with Crippen LogP contribution in [0.1, 0.15) is 39.5 Å². The normalized spacial score (nSPS) is 22.5. The summed E-state index contributed by atoms with van der Waals surface area (Å²) in [4.78, 5) is 2.45. The Labute approximate surface area is 81.5 Å². The molecule has 1 unspecified atom stereocenters. The van der Waals surface area contributed by atoms with Gasteiger partial charge in [0.15, 0.2) is 0 Å². The largest absolute Gasteiger partial charge is 0.300 e. The third-order valence-electron chi connectivity index (χ3n) is 3.24. The van der Waals surface area contributed by atoms with Gasteiger partial charge in [-0.3, -0.25) is 4.90 Å². The highest BCUT2D eigenvalue weighted by Gasteiger charge is 2.20. The standard InChI is InChI=1S/C11H20N2/c1-3-11-5-8-13(9-6-11)10(2)4-7-12/h10-11H,3-6,8-9H2,1-2H3. The Hall–Kier alpha value is -0.550. The van der Waals surface area contributed by atoms with Gasteiger partial charge in [0.2, 0.25) is 0 Å². The van der Waals surface area contributed by atoms with Crippen LogP contribution in [0, 0.1) is 17.2 Å². The predicted molar refractivity (Wildman–Crippen MR) is 54.3 cm³/mol. The molecule has 1 fully saturated rings. The Balaban J connectivity index is 2.28. The second-order valence-corrected chi connectivity index (χ2v) is 4.10. The number of nitrogens with zero attached hydrogens (tertiary/aromatic N) is 2. The van der Waals surface area contributed by atoms with Crippen LogP contribution in [0.15, 0.2) is 0 Å². The smallest absolute Gasteiger partial charge is 0.0638 e. The highest BCUT2D eigenvalue weighted by molar-refractivity contribution is 4.82. The van der Waals surface area contributed by atoms with Crippen LogP contribution in [0.2, 0.25) is 0 Å². The summed E-state index contributed by atoms with van der Waals surface area (Å²) in [5.41, 5.74) is 0. The van der Waals surface area contributed by atoms with Crippen molar-refractivity contribution in [1.82, 2.24) is 4.90 Å². The van der Waals surface area contributed by atoms with Crippen molar-refractivity contribution in [2.24, 2.45) is 5.92 Å². The molecular weight excluding hydrogens is 160 g/mol.